The van der Waals surface area contributed by atoms with Crippen LogP contribution >= 0.6 is 0 Å². The van der Waals surface area contributed by atoms with Gasteiger partial charge in [-0.2, -0.15) is 0 Å². The third kappa shape index (κ3) is 3.07. The molecule has 0 bridgehead atoms. The van der Waals surface area contributed by atoms with Crippen LogP contribution in [0.5, 0.6) is 0 Å². The molecule has 2 saturated heterocycles. The van der Waals surface area contributed by atoms with E-state index in [0.717, 1.165) is 18.2 Å². The summed E-state index contributed by atoms with van der Waals surface area (Å²) in [6.45, 7) is 8.35. The van der Waals surface area contributed by atoms with E-state index in [1.165, 1.54) is 70.4 Å². The van der Waals surface area contributed by atoms with Gasteiger partial charge in [0.05, 0.1) is 5.69 Å². The molecule has 120 valence electrons. The van der Waals surface area contributed by atoms with Crippen molar-refractivity contribution in [3.8, 4) is 0 Å². The molecule has 1 spiro atoms. The fourth-order valence-corrected chi connectivity index (χ4v) is 4.50. The van der Waals surface area contributed by atoms with Crippen LogP contribution in [0.15, 0.2) is 18.2 Å². The fraction of sp³-hybridized carbons (Fsp3) is 0.737. The predicted molar refractivity (Wildman–Crippen MR) is 89.7 cm³/mol. The summed E-state index contributed by atoms with van der Waals surface area (Å²) < 4.78 is 0. The van der Waals surface area contributed by atoms with E-state index in [4.69, 9.17) is 0 Å². The van der Waals surface area contributed by atoms with Crippen LogP contribution in [0.25, 0.3) is 0 Å². The number of aromatic nitrogens is 1. The Labute approximate surface area is 134 Å². The van der Waals surface area contributed by atoms with Gasteiger partial charge in [-0.25, -0.2) is 0 Å². The molecule has 0 aromatic carbocycles. The minimum absolute atomic E-state index is 0.555. The quantitative estimate of drug-likeness (QED) is 0.851. The van der Waals surface area contributed by atoms with Gasteiger partial charge < -0.3 is 0 Å². The van der Waals surface area contributed by atoms with E-state index in [-0.39, 0.29) is 0 Å². The van der Waals surface area contributed by atoms with Gasteiger partial charge in [-0.3, -0.25) is 14.8 Å². The van der Waals surface area contributed by atoms with Crippen molar-refractivity contribution in [3.63, 3.8) is 0 Å². The molecule has 1 saturated carbocycles. The van der Waals surface area contributed by atoms with E-state index >= 15 is 0 Å². The number of nitrogens with zero attached hydrogens (tertiary/aromatic N) is 3. The smallest absolute Gasteiger partial charge is 0.0547 e. The molecule has 1 aliphatic carbocycles. The van der Waals surface area contributed by atoms with Crippen LogP contribution in [0.3, 0.4) is 0 Å². The lowest BCUT2D eigenvalue weighted by molar-refractivity contribution is 0.0467. The molecule has 3 fully saturated rings. The van der Waals surface area contributed by atoms with Gasteiger partial charge >= 0.3 is 0 Å². The first kappa shape index (κ1) is 14.6. The van der Waals surface area contributed by atoms with Crippen molar-refractivity contribution in [2.24, 2.45) is 5.92 Å². The first-order valence-electron chi connectivity index (χ1n) is 9.13. The Bertz CT molecular complexity index is 515. The summed E-state index contributed by atoms with van der Waals surface area (Å²) in [6.07, 6.45) is 8.56. The molecular weight excluding hydrogens is 270 g/mol. The molecule has 1 aromatic rings. The van der Waals surface area contributed by atoms with Crippen LogP contribution < -0.4 is 0 Å². The summed E-state index contributed by atoms with van der Waals surface area (Å²) in [5, 5.41) is 0. The fourth-order valence-electron chi connectivity index (χ4n) is 4.50. The van der Waals surface area contributed by atoms with Gasteiger partial charge in [0.25, 0.3) is 0 Å². The highest BCUT2D eigenvalue weighted by atomic mass is 15.3. The molecule has 2 aliphatic heterocycles. The number of hydrogen-bond acceptors (Lipinski definition) is 3. The molecule has 4 rings (SSSR count). The largest absolute Gasteiger partial charge is 0.297 e. The van der Waals surface area contributed by atoms with Gasteiger partial charge in [0.15, 0.2) is 0 Å². The highest BCUT2D eigenvalue weighted by Crippen LogP contribution is 2.41. The lowest BCUT2D eigenvalue weighted by Crippen LogP contribution is -2.52. The first-order valence-corrected chi connectivity index (χ1v) is 9.13. The van der Waals surface area contributed by atoms with Crippen molar-refractivity contribution in [1.29, 1.82) is 0 Å². The average molecular weight is 299 g/mol. The Kier molecular flexibility index (Phi) is 3.95. The van der Waals surface area contributed by atoms with Crippen LogP contribution in [0.2, 0.25) is 0 Å². The molecule has 3 heterocycles. The Morgan fingerprint density at radius 3 is 2.68 bits per heavy atom. The van der Waals surface area contributed by atoms with Crippen LogP contribution in [0, 0.1) is 12.8 Å². The zero-order valence-electron chi connectivity index (χ0n) is 13.9. The van der Waals surface area contributed by atoms with Crippen molar-refractivity contribution in [3.05, 3.63) is 29.6 Å². The second-order valence-corrected chi connectivity index (χ2v) is 7.76. The number of rotatable bonds is 4. The van der Waals surface area contributed by atoms with Gasteiger partial charge in [-0.15, -0.1) is 0 Å². The second kappa shape index (κ2) is 5.93. The molecule has 0 unspecified atom stereocenters. The minimum atomic E-state index is 0.555. The Balaban J connectivity index is 1.35. The molecule has 0 N–H and O–H groups in total. The van der Waals surface area contributed by atoms with E-state index in [2.05, 4.69) is 39.9 Å². The zero-order valence-corrected chi connectivity index (χ0v) is 13.9. The summed E-state index contributed by atoms with van der Waals surface area (Å²) in [4.78, 5) is 10.1. The van der Waals surface area contributed by atoms with E-state index < -0.39 is 0 Å². The number of aryl methyl sites for hydroxylation is 1. The Morgan fingerprint density at radius 2 is 1.95 bits per heavy atom. The molecular formula is C19H29N3. The molecule has 0 atom stereocenters. The molecule has 3 aliphatic rings. The standard InChI is InChI=1S/C19H29N3/c1-16-4-2-5-18(20-16)15-21-12-9-19(10-13-21)8-3-11-22(19)14-17-6-7-17/h2,4-5,17H,3,6-15H2,1H3. The maximum Gasteiger partial charge on any atom is 0.0547 e. The maximum absolute atomic E-state index is 4.67. The summed E-state index contributed by atoms with van der Waals surface area (Å²) in [6, 6.07) is 6.40. The van der Waals surface area contributed by atoms with Crippen LogP contribution in [0.4, 0.5) is 0 Å². The average Bonchev–Trinajstić information content (AvgIpc) is 3.25. The second-order valence-electron chi connectivity index (χ2n) is 7.76. The SMILES string of the molecule is Cc1cccc(CN2CCC3(CCCN3CC3CC3)CC2)n1. The lowest BCUT2D eigenvalue weighted by Gasteiger charge is -2.45. The third-order valence-corrected chi connectivity index (χ3v) is 6.03. The van der Waals surface area contributed by atoms with Crippen LogP contribution in [-0.2, 0) is 6.54 Å². The van der Waals surface area contributed by atoms with Crippen molar-refractivity contribution in [2.45, 2.75) is 57.5 Å². The van der Waals surface area contributed by atoms with Gasteiger partial charge in [0.1, 0.15) is 0 Å². The van der Waals surface area contributed by atoms with E-state index in [9.17, 15) is 0 Å². The number of likely N-dealkylation sites (tertiary alicyclic amines) is 2. The number of hydrogen-bond donors (Lipinski definition) is 0. The monoisotopic (exact) mass is 299 g/mol. The van der Waals surface area contributed by atoms with Crippen molar-refractivity contribution < 1.29 is 0 Å². The predicted octanol–water partition coefficient (Wildman–Crippen LogP) is 3.23. The minimum Gasteiger partial charge on any atom is -0.297 e. The summed E-state index contributed by atoms with van der Waals surface area (Å²) in [5.74, 6) is 1.03. The van der Waals surface area contributed by atoms with Crippen molar-refractivity contribution in [2.75, 3.05) is 26.2 Å². The summed E-state index contributed by atoms with van der Waals surface area (Å²) >= 11 is 0. The van der Waals surface area contributed by atoms with Crippen molar-refractivity contribution >= 4 is 0 Å². The highest BCUT2D eigenvalue weighted by Gasteiger charge is 2.44. The normalized spacial score (nSPS) is 25.9. The zero-order chi connectivity index (χ0) is 15.0. The number of piperidine rings is 1. The van der Waals surface area contributed by atoms with Crippen molar-refractivity contribution in [1.82, 2.24) is 14.8 Å². The van der Waals surface area contributed by atoms with E-state index in [0.29, 0.717) is 5.54 Å². The van der Waals surface area contributed by atoms with Gasteiger partial charge in [-0.1, -0.05) is 6.07 Å². The van der Waals surface area contributed by atoms with Crippen LogP contribution in [-0.4, -0.2) is 46.5 Å². The number of pyridine rings is 1. The molecule has 3 nitrogen and oxygen atoms in total. The summed E-state index contributed by atoms with van der Waals surface area (Å²) in [7, 11) is 0. The Hall–Kier alpha value is -0.930. The topological polar surface area (TPSA) is 19.4 Å². The van der Waals surface area contributed by atoms with Crippen LogP contribution in [0.1, 0.15) is 49.9 Å². The molecule has 0 radical (unpaired) electrons. The third-order valence-electron chi connectivity index (χ3n) is 6.03. The van der Waals surface area contributed by atoms with Gasteiger partial charge in [-0.05, 0) is 70.0 Å². The molecule has 0 amide bonds. The van der Waals surface area contributed by atoms with E-state index in [1.807, 2.05) is 0 Å². The molecule has 1 aromatic heterocycles. The molecule has 22 heavy (non-hydrogen) atoms. The lowest BCUT2D eigenvalue weighted by atomic mass is 9.84. The summed E-state index contributed by atoms with van der Waals surface area (Å²) in [5.41, 5.74) is 2.92. The first-order chi connectivity index (χ1) is 10.7. The van der Waals surface area contributed by atoms with E-state index in [1.54, 1.807) is 0 Å². The van der Waals surface area contributed by atoms with Gasteiger partial charge in [0, 0.05) is 37.4 Å². The Morgan fingerprint density at radius 1 is 1.14 bits per heavy atom. The van der Waals surface area contributed by atoms with Gasteiger partial charge in [0.2, 0.25) is 0 Å². The highest BCUT2D eigenvalue weighted by molar-refractivity contribution is 5.10. The maximum atomic E-state index is 4.67. The molecule has 3 heteroatoms.